The van der Waals surface area contributed by atoms with Gasteiger partial charge in [-0.2, -0.15) is 0 Å². The number of rotatable bonds is 6. The number of aromatic nitrogens is 1. The molecule has 2 N–H and O–H groups in total. The lowest BCUT2D eigenvalue weighted by Gasteiger charge is -2.17. The number of likely N-dealkylation sites (N-methyl/N-ethyl adjacent to an activating group) is 1. The summed E-state index contributed by atoms with van der Waals surface area (Å²) in [4.78, 5) is 28.4. The monoisotopic (exact) mass is 265 g/mol. The molecule has 19 heavy (non-hydrogen) atoms. The third-order valence-electron chi connectivity index (χ3n) is 2.40. The summed E-state index contributed by atoms with van der Waals surface area (Å²) in [6, 6.07) is 3.18. The second kappa shape index (κ2) is 6.84. The molecule has 1 rings (SSSR count). The Morgan fingerprint density at radius 1 is 1.47 bits per heavy atom. The van der Waals surface area contributed by atoms with Crippen LogP contribution < -0.4 is 5.32 Å². The number of carboxylic acid groups (broad SMARTS) is 1. The Bertz CT molecular complexity index is 460. The van der Waals surface area contributed by atoms with E-state index in [-0.39, 0.29) is 24.1 Å². The molecule has 0 unspecified atom stereocenters. The highest BCUT2D eigenvalue weighted by atomic mass is 16.4. The first-order valence-corrected chi connectivity index (χ1v) is 6.05. The predicted octanol–water partition coefficient (Wildman–Crippen LogP) is 0.736. The highest BCUT2D eigenvalue weighted by Gasteiger charge is 2.14. The van der Waals surface area contributed by atoms with E-state index in [1.807, 2.05) is 13.8 Å². The van der Waals surface area contributed by atoms with E-state index in [2.05, 4.69) is 10.3 Å². The van der Waals surface area contributed by atoms with Gasteiger partial charge in [0.25, 0.3) is 0 Å². The standard InChI is InChI=1S/C13H19N3O3/c1-9(2)15-12(17)8-16(3)7-11-10(13(18)19)5-4-6-14-11/h4-6,9H,7-8H2,1-3H3,(H,15,17)(H,18,19). The number of carboxylic acids is 1. The van der Waals surface area contributed by atoms with E-state index >= 15 is 0 Å². The van der Waals surface area contributed by atoms with Crippen molar-refractivity contribution in [2.45, 2.75) is 26.4 Å². The van der Waals surface area contributed by atoms with Crippen LogP contribution in [0.5, 0.6) is 0 Å². The van der Waals surface area contributed by atoms with Crippen molar-refractivity contribution in [2.24, 2.45) is 0 Å². The van der Waals surface area contributed by atoms with Crippen molar-refractivity contribution in [1.29, 1.82) is 0 Å². The SMILES string of the molecule is CC(C)NC(=O)CN(C)Cc1ncccc1C(=O)O. The molecule has 6 heteroatoms. The Labute approximate surface area is 112 Å². The fourth-order valence-electron chi connectivity index (χ4n) is 1.68. The lowest BCUT2D eigenvalue weighted by molar-refractivity contribution is -0.122. The maximum atomic E-state index is 11.6. The number of amides is 1. The maximum absolute atomic E-state index is 11.6. The minimum Gasteiger partial charge on any atom is -0.478 e. The number of pyridine rings is 1. The molecule has 0 aliphatic carbocycles. The summed E-state index contributed by atoms with van der Waals surface area (Å²) in [5.41, 5.74) is 0.619. The lowest BCUT2D eigenvalue weighted by Crippen LogP contribution is -2.38. The molecule has 0 spiro atoms. The van der Waals surface area contributed by atoms with Gasteiger partial charge in [-0.1, -0.05) is 0 Å². The molecule has 0 atom stereocenters. The highest BCUT2D eigenvalue weighted by molar-refractivity contribution is 5.88. The van der Waals surface area contributed by atoms with Crippen LogP contribution in [0.25, 0.3) is 0 Å². The van der Waals surface area contributed by atoms with Crippen LogP contribution in [-0.2, 0) is 11.3 Å². The van der Waals surface area contributed by atoms with Gasteiger partial charge in [-0.05, 0) is 33.0 Å². The summed E-state index contributed by atoms with van der Waals surface area (Å²) in [5, 5.41) is 11.8. The minimum atomic E-state index is -1.01. The molecule has 1 amide bonds. The summed E-state index contributed by atoms with van der Waals surface area (Å²) in [5.74, 6) is -1.10. The molecule has 1 heterocycles. The second-order valence-corrected chi connectivity index (χ2v) is 4.70. The number of aromatic carboxylic acids is 1. The normalized spacial score (nSPS) is 10.8. The van der Waals surface area contributed by atoms with E-state index in [9.17, 15) is 9.59 Å². The molecule has 0 saturated heterocycles. The van der Waals surface area contributed by atoms with Crippen LogP contribution in [0, 0.1) is 0 Å². The average Bonchev–Trinajstić information content (AvgIpc) is 2.27. The first kappa shape index (κ1) is 15.1. The van der Waals surface area contributed by atoms with E-state index in [1.165, 1.54) is 6.07 Å². The summed E-state index contributed by atoms with van der Waals surface area (Å²) in [6.07, 6.45) is 1.55. The van der Waals surface area contributed by atoms with Crippen LogP contribution in [0.1, 0.15) is 29.9 Å². The van der Waals surface area contributed by atoms with Crippen LogP contribution in [0.3, 0.4) is 0 Å². The van der Waals surface area contributed by atoms with Crippen LogP contribution in [-0.4, -0.2) is 46.5 Å². The molecule has 0 fully saturated rings. The van der Waals surface area contributed by atoms with Gasteiger partial charge in [-0.3, -0.25) is 14.7 Å². The predicted molar refractivity (Wildman–Crippen MR) is 70.8 cm³/mol. The van der Waals surface area contributed by atoms with Crippen LogP contribution >= 0.6 is 0 Å². The maximum Gasteiger partial charge on any atom is 0.337 e. The van der Waals surface area contributed by atoms with E-state index in [4.69, 9.17) is 5.11 Å². The van der Waals surface area contributed by atoms with E-state index in [0.717, 1.165) is 0 Å². The Hall–Kier alpha value is -1.95. The number of nitrogens with one attached hydrogen (secondary N) is 1. The third kappa shape index (κ3) is 5.05. The quantitative estimate of drug-likeness (QED) is 0.792. The molecule has 0 saturated carbocycles. The molecule has 0 radical (unpaired) electrons. The second-order valence-electron chi connectivity index (χ2n) is 4.70. The Kier molecular flexibility index (Phi) is 5.44. The Balaban J connectivity index is 2.64. The van der Waals surface area contributed by atoms with E-state index in [0.29, 0.717) is 12.2 Å². The summed E-state index contributed by atoms with van der Waals surface area (Å²) < 4.78 is 0. The minimum absolute atomic E-state index is 0.0883. The molecular weight excluding hydrogens is 246 g/mol. The lowest BCUT2D eigenvalue weighted by atomic mass is 10.2. The van der Waals surface area contributed by atoms with Gasteiger partial charge in [-0.15, -0.1) is 0 Å². The fraction of sp³-hybridized carbons (Fsp3) is 0.462. The molecule has 0 bridgehead atoms. The zero-order valence-corrected chi connectivity index (χ0v) is 11.4. The molecule has 0 aromatic carbocycles. The van der Waals surface area contributed by atoms with Gasteiger partial charge in [0, 0.05) is 18.8 Å². The topological polar surface area (TPSA) is 82.5 Å². The van der Waals surface area contributed by atoms with Gasteiger partial charge in [0.1, 0.15) is 0 Å². The number of carbonyl (C=O) groups excluding carboxylic acids is 1. The molecule has 1 aromatic heterocycles. The van der Waals surface area contributed by atoms with Crippen molar-refractivity contribution in [3.05, 3.63) is 29.6 Å². The number of carbonyl (C=O) groups is 2. The van der Waals surface area contributed by atoms with Gasteiger partial charge < -0.3 is 10.4 Å². The van der Waals surface area contributed by atoms with Gasteiger partial charge in [0.15, 0.2) is 0 Å². The fourth-order valence-corrected chi connectivity index (χ4v) is 1.68. The van der Waals surface area contributed by atoms with Gasteiger partial charge in [-0.25, -0.2) is 4.79 Å². The molecule has 104 valence electrons. The van der Waals surface area contributed by atoms with E-state index in [1.54, 1.807) is 24.2 Å². The van der Waals surface area contributed by atoms with Gasteiger partial charge in [0.05, 0.1) is 17.8 Å². The third-order valence-corrected chi connectivity index (χ3v) is 2.40. The zero-order chi connectivity index (χ0) is 14.4. The van der Waals surface area contributed by atoms with Crippen LogP contribution in [0.2, 0.25) is 0 Å². The molecule has 0 aliphatic rings. The van der Waals surface area contributed by atoms with Crippen molar-refractivity contribution in [3.63, 3.8) is 0 Å². The van der Waals surface area contributed by atoms with Crippen molar-refractivity contribution in [1.82, 2.24) is 15.2 Å². The number of nitrogens with zero attached hydrogens (tertiary/aromatic N) is 2. The summed E-state index contributed by atoms with van der Waals surface area (Å²) >= 11 is 0. The first-order chi connectivity index (χ1) is 8.90. The van der Waals surface area contributed by atoms with Gasteiger partial charge >= 0.3 is 5.97 Å². The largest absolute Gasteiger partial charge is 0.478 e. The first-order valence-electron chi connectivity index (χ1n) is 6.05. The zero-order valence-electron chi connectivity index (χ0n) is 11.4. The van der Waals surface area contributed by atoms with E-state index < -0.39 is 5.97 Å². The van der Waals surface area contributed by atoms with Crippen molar-refractivity contribution in [3.8, 4) is 0 Å². The summed E-state index contributed by atoms with van der Waals surface area (Å²) in [6.45, 7) is 4.29. The number of hydrogen-bond donors (Lipinski definition) is 2. The van der Waals surface area contributed by atoms with Crippen molar-refractivity contribution < 1.29 is 14.7 Å². The molecule has 0 aliphatic heterocycles. The van der Waals surface area contributed by atoms with Crippen molar-refractivity contribution >= 4 is 11.9 Å². The Morgan fingerprint density at radius 2 is 2.16 bits per heavy atom. The molecule has 1 aromatic rings. The van der Waals surface area contributed by atoms with Crippen LogP contribution in [0.4, 0.5) is 0 Å². The highest BCUT2D eigenvalue weighted by Crippen LogP contribution is 2.07. The van der Waals surface area contributed by atoms with Crippen LogP contribution in [0.15, 0.2) is 18.3 Å². The summed E-state index contributed by atoms with van der Waals surface area (Å²) in [7, 11) is 1.75. The number of hydrogen-bond acceptors (Lipinski definition) is 4. The average molecular weight is 265 g/mol. The smallest absolute Gasteiger partial charge is 0.337 e. The molecule has 6 nitrogen and oxygen atoms in total. The van der Waals surface area contributed by atoms with Gasteiger partial charge in [0.2, 0.25) is 5.91 Å². The van der Waals surface area contributed by atoms with Crippen molar-refractivity contribution in [2.75, 3.05) is 13.6 Å². The Morgan fingerprint density at radius 3 is 2.74 bits per heavy atom. The molecular formula is C13H19N3O3.